The van der Waals surface area contributed by atoms with Gasteiger partial charge in [-0.2, -0.15) is 26.3 Å². The maximum absolute atomic E-state index is 14.1. The summed E-state index contributed by atoms with van der Waals surface area (Å²) in [6.45, 7) is -2.15. The molecular weight excluding hydrogens is 429 g/mol. The lowest BCUT2D eigenvalue weighted by molar-refractivity contribution is -0.201. The Kier molecular flexibility index (Phi) is 6.62. The number of benzene rings is 1. The van der Waals surface area contributed by atoms with Gasteiger partial charge in [-0.25, -0.2) is 9.18 Å². The highest BCUT2D eigenvalue weighted by atomic mass is 19.4. The van der Waals surface area contributed by atoms with Crippen LogP contribution >= 0.6 is 0 Å². The number of esters is 1. The average Bonchev–Trinajstić information content (AvgIpc) is 2.61. The van der Waals surface area contributed by atoms with E-state index in [0.29, 0.717) is 4.90 Å². The lowest BCUT2D eigenvalue weighted by Crippen LogP contribution is -2.58. The predicted octanol–water partition coefficient (Wildman–Crippen LogP) is 2.67. The second-order valence-electron chi connectivity index (χ2n) is 6.56. The van der Waals surface area contributed by atoms with Crippen LogP contribution in [0.1, 0.15) is 22.8 Å². The van der Waals surface area contributed by atoms with Gasteiger partial charge in [-0.1, -0.05) is 6.07 Å². The maximum Gasteiger partial charge on any atom is 0.490 e. The van der Waals surface area contributed by atoms with Gasteiger partial charge in [0.25, 0.3) is 5.91 Å². The zero-order chi connectivity index (χ0) is 22.9. The van der Waals surface area contributed by atoms with E-state index in [1.807, 2.05) is 0 Å². The van der Waals surface area contributed by atoms with Crippen molar-refractivity contribution in [3.05, 3.63) is 35.1 Å². The molecular formula is C17H15F7N2O4. The third-order valence-corrected chi connectivity index (χ3v) is 4.16. The zero-order valence-electron chi connectivity index (χ0n) is 15.3. The summed E-state index contributed by atoms with van der Waals surface area (Å²) in [5, 5.41) is 0. The van der Waals surface area contributed by atoms with Gasteiger partial charge in [0.2, 0.25) is 5.91 Å². The summed E-state index contributed by atoms with van der Waals surface area (Å²) in [4.78, 5) is 36.7. The van der Waals surface area contributed by atoms with Crippen molar-refractivity contribution in [2.75, 3.05) is 19.6 Å². The number of piperazine rings is 1. The number of rotatable bonds is 4. The van der Waals surface area contributed by atoms with Crippen LogP contribution in [0, 0.1) is 5.82 Å². The van der Waals surface area contributed by atoms with Crippen molar-refractivity contribution in [2.24, 2.45) is 0 Å². The molecule has 1 saturated heterocycles. The molecule has 1 aliphatic rings. The molecule has 0 saturated carbocycles. The van der Waals surface area contributed by atoms with Crippen LogP contribution < -0.4 is 0 Å². The second-order valence-corrected chi connectivity index (χ2v) is 6.56. The zero-order valence-corrected chi connectivity index (χ0v) is 15.3. The van der Waals surface area contributed by atoms with E-state index in [-0.39, 0.29) is 12.1 Å². The van der Waals surface area contributed by atoms with Crippen molar-refractivity contribution in [1.82, 2.24) is 9.80 Å². The molecule has 1 fully saturated rings. The second kappa shape index (κ2) is 8.48. The Morgan fingerprint density at radius 2 is 1.80 bits per heavy atom. The summed E-state index contributed by atoms with van der Waals surface area (Å²) >= 11 is 0. The summed E-state index contributed by atoms with van der Waals surface area (Å²) in [5.41, 5.74) is -0.757. The molecule has 1 atom stereocenters. The fourth-order valence-electron chi connectivity index (χ4n) is 2.80. The molecule has 0 spiro atoms. The van der Waals surface area contributed by atoms with Crippen LogP contribution in [-0.4, -0.2) is 65.6 Å². The van der Waals surface area contributed by atoms with Gasteiger partial charge < -0.3 is 14.5 Å². The molecule has 2 amide bonds. The van der Waals surface area contributed by atoms with Gasteiger partial charge in [0.1, 0.15) is 25.5 Å². The Labute approximate surface area is 165 Å². The topological polar surface area (TPSA) is 66.9 Å². The first-order chi connectivity index (χ1) is 13.7. The van der Waals surface area contributed by atoms with Crippen molar-refractivity contribution < 1.29 is 49.9 Å². The Hall–Kier alpha value is -2.86. The first-order valence-electron chi connectivity index (χ1n) is 8.37. The van der Waals surface area contributed by atoms with Crippen LogP contribution in [0.4, 0.5) is 30.7 Å². The lowest BCUT2D eigenvalue weighted by atomic mass is 10.1. The number of amides is 2. The summed E-state index contributed by atoms with van der Waals surface area (Å²) in [5.74, 6) is -5.57. The van der Waals surface area contributed by atoms with Crippen molar-refractivity contribution in [1.29, 1.82) is 0 Å². The van der Waals surface area contributed by atoms with Crippen LogP contribution in [-0.2, 0) is 20.9 Å². The Balaban J connectivity index is 2.13. The van der Waals surface area contributed by atoms with Gasteiger partial charge in [0, 0.05) is 12.6 Å². The van der Waals surface area contributed by atoms with Crippen LogP contribution in [0.25, 0.3) is 0 Å². The molecule has 1 aliphatic heterocycles. The van der Waals surface area contributed by atoms with E-state index in [1.54, 1.807) is 0 Å². The Morgan fingerprint density at radius 3 is 2.33 bits per heavy atom. The van der Waals surface area contributed by atoms with Crippen molar-refractivity contribution in [2.45, 2.75) is 31.9 Å². The third-order valence-electron chi connectivity index (χ3n) is 4.16. The van der Waals surface area contributed by atoms with Gasteiger partial charge in [0.05, 0.1) is 5.56 Å². The van der Waals surface area contributed by atoms with E-state index in [1.165, 1.54) is 6.92 Å². The molecule has 0 aromatic heterocycles. The molecule has 166 valence electrons. The highest BCUT2D eigenvalue weighted by Crippen LogP contribution is 2.23. The molecule has 6 nitrogen and oxygen atoms in total. The molecule has 1 aromatic carbocycles. The average molecular weight is 444 g/mol. The monoisotopic (exact) mass is 444 g/mol. The van der Waals surface area contributed by atoms with E-state index in [4.69, 9.17) is 0 Å². The highest BCUT2D eigenvalue weighted by molar-refractivity contribution is 5.97. The smallest absolute Gasteiger partial charge is 0.454 e. The van der Waals surface area contributed by atoms with E-state index in [9.17, 15) is 45.1 Å². The first kappa shape index (κ1) is 23.4. The van der Waals surface area contributed by atoms with Gasteiger partial charge in [0.15, 0.2) is 0 Å². The van der Waals surface area contributed by atoms with Crippen LogP contribution in [0.3, 0.4) is 0 Å². The van der Waals surface area contributed by atoms with Gasteiger partial charge in [-0.3, -0.25) is 9.59 Å². The highest BCUT2D eigenvalue weighted by Gasteiger charge is 2.41. The quantitative estimate of drug-likeness (QED) is 0.529. The maximum atomic E-state index is 14.1. The molecule has 1 heterocycles. The summed E-state index contributed by atoms with van der Waals surface area (Å²) in [6, 6.07) is 1.59. The molecule has 1 aromatic rings. The van der Waals surface area contributed by atoms with Crippen LogP contribution in [0.2, 0.25) is 0 Å². The van der Waals surface area contributed by atoms with Gasteiger partial charge in [-0.05, 0) is 24.6 Å². The number of halogens is 7. The van der Waals surface area contributed by atoms with Crippen molar-refractivity contribution in [3.63, 3.8) is 0 Å². The minimum atomic E-state index is -5.23. The standard InChI is InChI=1S/C17H15F7N2O4/c1-9-5-25(6-13(27)26(9)8-16(19,20)21)14(28)11-4-10(2-3-12(11)18)7-30-15(29)17(22,23)24/h2-4,9H,5-8H2,1H3. The number of carbonyl (C=O) groups excluding carboxylic acids is 3. The fraction of sp³-hybridized carbons (Fsp3) is 0.471. The molecule has 1 unspecified atom stereocenters. The summed E-state index contributed by atoms with van der Waals surface area (Å²) in [7, 11) is 0. The fourth-order valence-corrected chi connectivity index (χ4v) is 2.80. The Bertz CT molecular complexity index is 838. The number of nitrogens with zero attached hydrogens (tertiary/aromatic N) is 2. The summed E-state index contributed by atoms with van der Waals surface area (Å²) in [6.07, 6.45) is -9.87. The van der Waals surface area contributed by atoms with Gasteiger partial charge >= 0.3 is 18.3 Å². The van der Waals surface area contributed by atoms with Crippen molar-refractivity contribution in [3.8, 4) is 0 Å². The van der Waals surface area contributed by atoms with E-state index >= 15 is 0 Å². The van der Waals surface area contributed by atoms with E-state index in [0.717, 1.165) is 23.1 Å². The SMILES string of the molecule is CC1CN(C(=O)c2cc(COC(=O)C(F)(F)F)ccc2F)CC(=O)N1CC(F)(F)F. The normalized spacial score (nSPS) is 17.9. The third kappa shape index (κ3) is 5.83. The molecule has 13 heteroatoms. The van der Waals surface area contributed by atoms with E-state index < -0.39 is 67.3 Å². The van der Waals surface area contributed by atoms with Gasteiger partial charge in [-0.15, -0.1) is 0 Å². The predicted molar refractivity (Wildman–Crippen MR) is 85.4 cm³/mol. The number of ether oxygens (including phenoxy) is 1. The van der Waals surface area contributed by atoms with E-state index in [2.05, 4.69) is 4.74 Å². The largest absolute Gasteiger partial charge is 0.490 e. The Morgan fingerprint density at radius 1 is 1.17 bits per heavy atom. The lowest BCUT2D eigenvalue weighted by Gasteiger charge is -2.39. The molecule has 2 rings (SSSR count). The van der Waals surface area contributed by atoms with Crippen LogP contribution in [0.15, 0.2) is 18.2 Å². The molecule has 0 aliphatic carbocycles. The molecule has 30 heavy (non-hydrogen) atoms. The summed E-state index contributed by atoms with van der Waals surface area (Å²) < 4.78 is 92.4. The minimum absolute atomic E-state index is 0.132. The molecule has 0 N–H and O–H groups in total. The number of carbonyl (C=O) groups is 3. The number of hydrogen-bond donors (Lipinski definition) is 0. The van der Waals surface area contributed by atoms with Crippen LogP contribution in [0.5, 0.6) is 0 Å². The number of hydrogen-bond acceptors (Lipinski definition) is 4. The molecule has 0 bridgehead atoms. The molecule has 0 radical (unpaired) electrons. The minimum Gasteiger partial charge on any atom is -0.454 e. The van der Waals surface area contributed by atoms with Crippen molar-refractivity contribution >= 4 is 17.8 Å². The number of alkyl halides is 6. The first-order valence-corrected chi connectivity index (χ1v) is 8.37.